The minimum absolute atomic E-state index is 0.132. The standard InChI is InChI=1S/C14H22N4O/c1-18(2)14(7-4-8-14)10-16-13(19)17-12-6-3-5-11(15)9-12/h3,5-6,9H,4,7-8,10,15H2,1-2H3,(H2,16,17,19). The van der Waals surface area contributed by atoms with Gasteiger partial charge in [0, 0.05) is 23.5 Å². The molecule has 2 rings (SSSR count). The van der Waals surface area contributed by atoms with Crippen molar-refractivity contribution in [1.29, 1.82) is 0 Å². The number of anilines is 2. The van der Waals surface area contributed by atoms with Gasteiger partial charge in [0.05, 0.1) is 0 Å². The molecule has 0 bridgehead atoms. The molecular weight excluding hydrogens is 240 g/mol. The molecule has 1 saturated carbocycles. The molecule has 1 aromatic carbocycles. The molecule has 104 valence electrons. The molecule has 5 heteroatoms. The minimum Gasteiger partial charge on any atom is -0.399 e. The van der Waals surface area contributed by atoms with E-state index in [1.54, 1.807) is 12.1 Å². The zero-order chi connectivity index (χ0) is 13.9. The Kier molecular flexibility index (Phi) is 3.95. The maximum Gasteiger partial charge on any atom is 0.319 e. The van der Waals surface area contributed by atoms with E-state index >= 15 is 0 Å². The summed E-state index contributed by atoms with van der Waals surface area (Å²) in [7, 11) is 4.13. The Morgan fingerprint density at radius 2 is 2.16 bits per heavy atom. The van der Waals surface area contributed by atoms with E-state index in [1.807, 2.05) is 12.1 Å². The fraction of sp³-hybridized carbons (Fsp3) is 0.500. The molecule has 0 atom stereocenters. The van der Waals surface area contributed by atoms with E-state index in [0.717, 1.165) is 12.8 Å². The van der Waals surface area contributed by atoms with Crippen LogP contribution in [0, 0.1) is 0 Å². The topological polar surface area (TPSA) is 70.4 Å². The van der Waals surface area contributed by atoms with Crippen LogP contribution in [0.4, 0.5) is 16.2 Å². The number of likely N-dealkylation sites (N-methyl/N-ethyl adjacent to an activating group) is 1. The van der Waals surface area contributed by atoms with E-state index in [2.05, 4.69) is 29.6 Å². The molecule has 0 aromatic heterocycles. The van der Waals surface area contributed by atoms with Crippen LogP contribution in [0.25, 0.3) is 0 Å². The lowest BCUT2D eigenvalue weighted by Gasteiger charge is -2.47. The van der Waals surface area contributed by atoms with Gasteiger partial charge in [0.2, 0.25) is 0 Å². The summed E-state index contributed by atoms with van der Waals surface area (Å²) in [5.74, 6) is 0. The number of nitrogens with two attached hydrogens (primary N) is 1. The minimum atomic E-state index is -0.182. The van der Waals surface area contributed by atoms with Gasteiger partial charge in [0.15, 0.2) is 0 Å². The quantitative estimate of drug-likeness (QED) is 0.726. The molecule has 0 heterocycles. The summed E-state index contributed by atoms with van der Waals surface area (Å²) in [6, 6.07) is 6.99. The Morgan fingerprint density at radius 1 is 1.42 bits per heavy atom. The van der Waals surface area contributed by atoms with Crippen molar-refractivity contribution < 1.29 is 4.79 Å². The van der Waals surface area contributed by atoms with Gasteiger partial charge in [-0.2, -0.15) is 0 Å². The Morgan fingerprint density at radius 3 is 2.68 bits per heavy atom. The maximum atomic E-state index is 11.9. The Hall–Kier alpha value is -1.75. The van der Waals surface area contributed by atoms with Gasteiger partial charge in [0.25, 0.3) is 0 Å². The number of rotatable bonds is 4. The average molecular weight is 262 g/mol. The van der Waals surface area contributed by atoms with E-state index in [-0.39, 0.29) is 11.6 Å². The molecule has 0 unspecified atom stereocenters. The van der Waals surface area contributed by atoms with Gasteiger partial charge in [-0.1, -0.05) is 6.07 Å². The summed E-state index contributed by atoms with van der Waals surface area (Å²) in [6.07, 6.45) is 3.51. The molecule has 5 nitrogen and oxygen atoms in total. The number of nitrogens with zero attached hydrogens (tertiary/aromatic N) is 1. The summed E-state index contributed by atoms with van der Waals surface area (Å²) < 4.78 is 0. The fourth-order valence-electron chi connectivity index (χ4n) is 2.40. The van der Waals surface area contributed by atoms with Crippen molar-refractivity contribution in [3.05, 3.63) is 24.3 Å². The van der Waals surface area contributed by atoms with E-state index in [1.165, 1.54) is 6.42 Å². The lowest BCUT2D eigenvalue weighted by atomic mass is 9.75. The number of nitrogens with one attached hydrogen (secondary N) is 2. The molecule has 0 aliphatic heterocycles. The first-order chi connectivity index (χ1) is 9.02. The van der Waals surface area contributed by atoms with Crippen LogP contribution in [-0.2, 0) is 0 Å². The molecule has 19 heavy (non-hydrogen) atoms. The first-order valence-electron chi connectivity index (χ1n) is 6.60. The van der Waals surface area contributed by atoms with Gasteiger partial charge < -0.3 is 21.3 Å². The molecule has 1 aromatic rings. The van der Waals surface area contributed by atoms with Crippen LogP contribution >= 0.6 is 0 Å². The van der Waals surface area contributed by atoms with Gasteiger partial charge in [0.1, 0.15) is 0 Å². The predicted octanol–water partition coefficient (Wildman–Crippen LogP) is 1.87. The number of urea groups is 1. The lowest BCUT2D eigenvalue weighted by molar-refractivity contribution is 0.0630. The normalized spacial score (nSPS) is 16.8. The zero-order valence-corrected chi connectivity index (χ0v) is 11.6. The molecule has 0 saturated heterocycles. The number of amides is 2. The third-order valence-electron chi connectivity index (χ3n) is 3.96. The second-order valence-corrected chi connectivity index (χ2v) is 5.41. The van der Waals surface area contributed by atoms with Gasteiger partial charge in [-0.25, -0.2) is 4.79 Å². The second-order valence-electron chi connectivity index (χ2n) is 5.41. The highest BCUT2D eigenvalue weighted by Crippen LogP contribution is 2.35. The summed E-state index contributed by atoms with van der Waals surface area (Å²) in [6.45, 7) is 0.675. The fourth-order valence-corrected chi connectivity index (χ4v) is 2.40. The van der Waals surface area contributed by atoms with Crippen LogP contribution in [-0.4, -0.2) is 37.1 Å². The van der Waals surface area contributed by atoms with Gasteiger partial charge >= 0.3 is 6.03 Å². The van der Waals surface area contributed by atoms with E-state index < -0.39 is 0 Å². The molecule has 4 N–H and O–H groups in total. The van der Waals surface area contributed by atoms with Gasteiger partial charge in [-0.05, 0) is 51.6 Å². The number of carbonyl (C=O) groups is 1. The highest BCUT2D eigenvalue weighted by molar-refractivity contribution is 5.89. The number of carbonyl (C=O) groups excluding carboxylic acids is 1. The van der Waals surface area contributed by atoms with Crippen molar-refractivity contribution in [2.24, 2.45) is 0 Å². The molecule has 2 amide bonds. The van der Waals surface area contributed by atoms with Crippen LogP contribution in [0.1, 0.15) is 19.3 Å². The highest BCUT2D eigenvalue weighted by atomic mass is 16.2. The van der Waals surface area contributed by atoms with Crippen LogP contribution in [0.2, 0.25) is 0 Å². The molecule has 0 spiro atoms. The lowest BCUT2D eigenvalue weighted by Crippen LogP contribution is -2.57. The van der Waals surface area contributed by atoms with Crippen molar-refractivity contribution in [2.75, 3.05) is 31.7 Å². The van der Waals surface area contributed by atoms with E-state index in [9.17, 15) is 4.79 Å². The first-order valence-corrected chi connectivity index (χ1v) is 6.60. The Balaban J connectivity index is 1.85. The van der Waals surface area contributed by atoms with E-state index in [0.29, 0.717) is 17.9 Å². The smallest absolute Gasteiger partial charge is 0.319 e. The number of nitrogen functional groups attached to an aromatic ring is 1. The molecule has 1 fully saturated rings. The van der Waals surface area contributed by atoms with Crippen molar-refractivity contribution in [3.8, 4) is 0 Å². The monoisotopic (exact) mass is 262 g/mol. The summed E-state index contributed by atoms with van der Waals surface area (Å²) in [5, 5.41) is 5.74. The summed E-state index contributed by atoms with van der Waals surface area (Å²) >= 11 is 0. The first kappa shape index (κ1) is 13.7. The average Bonchev–Trinajstić information content (AvgIpc) is 2.26. The molecule has 0 radical (unpaired) electrons. The Bertz CT molecular complexity index is 455. The largest absolute Gasteiger partial charge is 0.399 e. The van der Waals surface area contributed by atoms with Crippen molar-refractivity contribution >= 4 is 17.4 Å². The van der Waals surface area contributed by atoms with Crippen LogP contribution in [0.3, 0.4) is 0 Å². The van der Waals surface area contributed by atoms with E-state index in [4.69, 9.17) is 5.73 Å². The Labute approximate surface area is 114 Å². The van der Waals surface area contributed by atoms with Crippen molar-refractivity contribution in [3.63, 3.8) is 0 Å². The number of hydrogen-bond acceptors (Lipinski definition) is 3. The van der Waals surface area contributed by atoms with Crippen LogP contribution in [0.15, 0.2) is 24.3 Å². The molecular formula is C14H22N4O. The molecule has 1 aliphatic rings. The second kappa shape index (κ2) is 5.48. The maximum absolute atomic E-state index is 11.9. The van der Waals surface area contributed by atoms with Gasteiger partial charge in [-0.15, -0.1) is 0 Å². The number of benzene rings is 1. The SMILES string of the molecule is CN(C)C1(CNC(=O)Nc2cccc(N)c2)CCC1. The zero-order valence-electron chi connectivity index (χ0n) is 11.6. The summed E-state index contributed by atoms with van der Waals surface area (Å²) in [5.41, 5.74) is 7.15. The van der Waals surface area contributed by atoms with Gasteiger partial charge in [-0.3, -0.25) is 0 Å². The van der Waals surface area contributed by atoms with Crippen LogP contribution in [0.5, 0.6) is 0 Å². The molecule has 1 aliphatic carbocycles. The predicted molar refractivity (Wildman–Crippen MR) is 78.1 cm³/mol. The summed E-state index contributed by atoms with van der Waals surface area (Å²) in [4.78, 5) is 14.1. The van der Waals surface area contributed by atoms with Crippen LogP contribution < -0.4 is 16.4 Å². The van der Waals surface area contributed by atoms with Crippen molar-refractivity contribution in [1.82, 2.24) is 10.2 Å². The third-order valence-corrected chi connectivity index (χ3v) is 3.96. The highest BCUT2D eigenvalue weighted by Gasteiger charge is 2.39. The number of hydrogen-bond donors (Lipinski definition) is 3. The van der Waals surface area contributed by atoms with Crippen molar-refractivity contribution in [2.45, 2.75) is 24.8 Å². The third kappa shape index (κ3) is 3.17.